The van der Waals surface area contributed by atoms with Crippen LogP contribution in [0.3, 0.4) is 0 Å². The quantitative estimate of drug-likeness (QED) is 0.741. The van der Waals surface area contributed by atoms with Crippen molar-refractivity contribution in [3.63, 3.8) is 0 Å². The maximum atomic E-state index is 11.7. The zero-order valence-electron chi connectivity index (χ0n) is 12.5. The van der Waals surface area contributed by atoms with Crippen LogP contribution in [0.4, 0.5) is 5.69 Å². The van der Waals surface area contributed by atoms with Crippen molar-refractivity contribution in [1.29, 1.82) is 0 Å². The minimum absolute atomic E-state index is 0.276. The largest absolute Gasteiger partial charge is 0.477 e. The smallest absolute Gasteiger partial charge is 0.343 e. The molecular weight excluding hydrogens is 256 g/mol. The van der Waals surface area contributed by atoms with Gasteiger partial charge in [0.15, 0.2) is 0 Å². The number of esters is 1. The van der Waals surface area contributed by atoms with E-state index >= 15 is 0 Å². The number of carbonyl (C=O) groups excluding carboxylic acids is 1. The summed E-state index contributed by atoms with van der Waals surface area (Å²) < 4.78 is 10.4. The summed E-state index contributed by atoms with van der Waals surface area (Å²) in [6.45, 7) is 4.86. The van der Waals surface area contributed by atoms with Crippen LogP contribution < -0.4 is 10.5 Å². The molecule has 0 amide bonds. The summed E-state index contributed by atoms with van der Waals surface area (Å²) in [7, 11) is 1.32. The van der Waals surface area contributed by atoms with Gasteiger partial charge in [0.05, 0.1) is 25.6 Å². The van der Waals surface area contributed by atoms with Crippen molar-refractivity contribution in [3.8, 4) is 5.88 Å². The summed E-state index contributed by atoms with van der Waals surface area (Å²) in [6.07, 6.45) is 6.00. The van der Waals surface area contributed by atoms with Crippen LogP contribution in [-0.2, 0) is 4.74 Å². The predicted molar refractivity (Wildman–Crippen MR) is 78.8 cm³/mol. The molecule has 0 fully saturated rings. The lowest BCUT2D eigenvalue weighted by molar-refractivity contribution is 0.0593. The van der Waals surface area contributed by atoms with E-state index in [9.17, 15) is 4.79 Å². The molecule has 5 nitrogen and oxygen atoms in total. The fourth-order valence-corrected chi connectivity index (χ4v) is 1.93. The molecule has 1 atom stereocenters. The van der Waals surface area contributed by atoms with Crippen LogP contribution in [-0.4, -0.2) is 24.7 Å². The molecule has 20 heavy (non-hydrogen) atoms. The molecule has 0 aliphatic carbocycles. The number of ether oxygens (including phenoxy) is 2. The Morgan fingerprint density at radius 1 is 1.45 bits per heavy atom. The fourth-order valence-electron chi connectivity index (χ4n) is 1.93. The third-order valence-corrected chi connectivity index (χ3v) is 3.28. The molecule has 0 spiro atoms. The maximum absolute atomic E-state index is 11.7. The summed E-state index contributed by atoms with van der Waals surface area (Å²) in [4.78, 5) is 15.8. The Bertz CT molecular complexity index is 435. The van der Waals surface area contributed by atoms with E-state index in [0.717, 1.165) is 12.8 Å². The molecule has 0 aromatic carbocycles. The molecule has 0 radical (unpaired) electrons. The fraction of sp³-hybridized carbons (Fsp3) is 0.600. The van der Waals surface area contributed by atoms with Crippen molar-refractivity contribution in [2.45, 2.75) is 39.5 Å². The Balaban J connectivity index is 2.73. The van der Waals surface area contributed by atoms with Crippen LogP contribution in [0, 0.1) is 5.92 Å². The van der Waals surface area contributed by atoms with Gasteiger partial charge in [0, 0.05) is 0 Å². The first kappa shape index (κ1) is 16.3. The number of anilines is 1. The second-order valence-corrected chi connectivity index (χ2v) is 4.84. The Morgan fingerprint density at radius 3 is 2.80 bits per heavy atom. The van der Waals surface area contributed by atoms with E-state index in [2.05, 4.69) is 18.8 Å². The number of pyridine rings is 1. The molecule has 1 aromatic heterocycles. The minimum atomic E-state index is -0.485. The second kappa shape index (κ2) is 8.40. The molecule has 0 saturated heterocycles. The summed E-state index contributed by atoms with van der Waals surface area (Å²) in [5.41, 5.74) is 6.33. The normalized spacial score (nSPS) is 11.9. The highest BCUT2D eigenvalue weighted by atomic mass is 16.5. The van der Waals surface area contributed by atoms with Gasteiger partial charge in [-0.05, 0) is 18.4 Å². The number of nitrogens with zero attached hydrogens (tertiary/aromatic N) is 1. The molecule has 5 heteroatoms. The number of nitrogens with two attached hydrogens (primary N) is 1. The summed E-state index contributed by atoms with van der Waals surface area (Å²) in [5, 5.41) is 0. The van der Waals surface area contributed by atoms with Crippen LogP contribution in [0.5, 0.6) is 5.88 Å². The Morgan fingerprint density at radius 2 is 2.20 bits per heavy atom. The Kier molecular flexibility index (Phi) is 6.84. The van der Waals surface area contributed by atoms with Crippen molar-refractivity contribution in [3.05, 3.63) is 17.8 Å². The SMILES string of the molecule is CCCCC(CC)COc1ncc(N)cc1C(=O)OC. The Hall–Kier alpha value is -1.78. The molecule has 0 saturated carbocycles. The Labute approximate surface area is 120 Å². The number of hydrogen-bond acceptors (Lipinski definition) is 5. The lowest BCUT2D eigenvalue weighted by Gasteiger charge is -2.16. The van der Waals surface area contributed by atoms with Crippen molar-refractivity contribution in [2.75, 3.05) is 19.5 Å². The number of nitrogen functional groups attached to an aromatic ring is 1. The van der Waals surface area contributed by atoms with Crippen LogP contribution in [0.1, 0.15) is 49.9 Å². The number of rotatable bonds is 8. The zero-order valence-corrected chi connectivity index (χ0v) is 12.5. The van der Waals surface area contributed by atoms with Gasteiger partial charge in [-0.2, -0.15) is 0 Å². The number of unbranched alkanes of at least 4 members (excludes halogenated alkanes) is 1. The molecule has 1 aromatic rings. The van der Waals surface area contributed by atoms with Gasteiger partial charge in [-0.3, -0.25) is 0 Å². The van der Waals surface area contributed by atoms with E-state index in [1.165, 1.54) is 32.2 Å². The summed E-state index contributed by atoms with van der Waals surface area (Å²) >= 11 is 0. The molecule has 1 unspecified atom stereocenters. The third kappa shape index (κ3) is 4.72. The van der Waals surface area contributed by atoms with Crippen molar-refractivity contribution in [2.24, 2.45) is 5.92 Å². The number of aromatic nitrogens is 1. The van der Waals surface area contributed by atoms with Gasteiger partial charge in [-0.25, -0.2) is 9.78 Å². The van der Waals surface area contributed by atoms with E-state index in [-0.39, 0.29) is 5.56 Å². The molecule has 0 aliphatic heterocycles. The second-order valence-electron chi connectivity index (χ2n) is 4.84. The molecule has 1 heterocycles. The van der Waals surface area contributed by atoms with Crippen LogP contribution in [0.2, 0.25) is 0 Å². The van der Waals surface area contributed by atoms with Gasteiger partial charge in [-0.1, -0.05) is 33.1 Å². The first-order valence-corrected chi connectivity index (χ1v) is 7.08. The predicted octanol–water partition coefficient (Wildman–Crippen LogP) is 3.05. The molecule has 112 valence electrons. The van der Waals surface area contributed by atoms with E-state index in [1.807, 2.05) is 0 Å². The third-order valence-electron chi connectivity index (χ3n) is 3.28. The van der Waals surface area contributed by atoms with Crippen molar-refractivity contribution in [1.82, 2.24) is 4.98 Å². The number of carbonyl (C=O) groups is 1. The summed E-state index contributed by atoms with van der Waals surface area (Å²) in [6, 6.07) is 1.53. The monoisotopic (exact) mass is 280 g/mol. The number of methoxy groups -OCH3 is 1. The highest BCUT2D eigenvalue weighted by molar-refractivity contribution is 5.92. The topological polar surface area (TPSA) is 74.4 Å². The van der Waals surface area contributed by atoms with Gasteiger partial charge in [-0.15, -0.1) is 0 Å². The first-order valence-electron chi connectivity index (χ1n) is 7.08. The number of hydrogen-bond donors (Lipinski definition) is 1. The average molecular weight is 280 g/mol. The molecule has 0 aliphatic rings. The highest BCUT2D eigenvalue weighted by Crippen LogP contribution is 2.21. The molecule has 2 N–H and O–H groups in total. The van der Waals surface area contributed by atoms with E-state index in [4.69, 9.17) is 15.2 Å². The van der Waals surface area contributed by atoms with Gasteiger partial charge in [0.1, 0.15) is 5.56 Å². The van der Waals surface area contributed by atoms with E-state index < -0.39 is 5.97 Å². The zero-order chi connectivity index (χ0) is 15.0. The summed E-state index contributed by atoms with van der Waals surface area (Å²) in [5.74, 6) is 0.280. The molecule has 0 bridgehead atoms. The standard InChI is InChI=1S/C15H24N2O3/c1-4-6-7-11(5-2)10-20-14-13(15(18)19-3)8-12(16)9-17-14/h8-9,11H,4-7,10,16H2,1-3H3. The van der Waals surface area contributed by atoms with Gasteiger partial charge in [0.25, 0.3) is 0 Å². The van der Waals surface area contributed by atoms with Gasteiger partial charge < -0.3 is 15.2 Å². The lowest BCUT2D eigenvalue weighted by Crippen LogP contribution is -2.15. The maximum Gasteiger partial charge on any atom is 0.343 e. The van der Waals surface area contributed by atoms with E-state index in [0.29, 0.717) is 24.1 Å². The highest BCUT2D eigenvalue weighted by Gasteiger charge is 2.16. The average Bonchev–Trinajstić information content (AvgIpc) is 2.47. The lowest BCUT2D eigenvalue weighted by atomic mass is 10.0. The van der Waals surface area contributed by atoms with Crippen molar-refractivity contribution >= 4 is 11.7 Å². The van der Waals surface area contributed by atoms with Crippen LogP contribution >= 0.6 is 0 Å². The first-order chi connectivity index (χ1) is 9.62. The van der Waals surface area contributed by atoms with Crippen LogP contribution in [0.25, 0.3) is 0 Å². The molecular formula is C15H24N2O3. The minimum Gasteiger partial charge on any atom is -0.477 e. The van der Waals surface area contributed by atoms with Gasteiger partial charge >= 0.3 is 5.97 Å². The molecule has 1 rings (SSSR count). The van der Waals surface area contributed by atoms with Crippen LogP contribution in [0.15, 0.2) is 12.3 Å². The van der Waals surface area contributed by atoms with Gasteiger partial charge in [0.2, 0.25) is 5.88 Å². The van der Waals surface area contributed by atoms with E-state index in [1.54, 1.807) is 0 Å². The van der Waals surface area contributed by atoms with Crippen molar-refractivity contribution < 1.29 is 14.3 Å².